The second kappa shape index (κ2) is 15.4. The van der Waals surface area contributed by atoms with Crippen molar-refractivity contribution in [2.45, 2.75) is 18.7 Å². The van der Waals surface area contributed by atoms with Crippen LogP contribution in [0.2, 0.25) is 0 Å². The number of hydrogen-bond donors (Lipinski definition) is 0. The van der Waals surface area contributed by atoms with Crippen molar-refractivity contribution in [3.05, 3.63) is 133 Å². The standard InChI is InChI=1S/C23H17N2O3S.C5H5.C2H6.Fe/c26-29(27,23-11-2-1-3-12-23)28-22-15-13-20(14-16-22)24-25-21-10-6-9-19(17-21)18-7-4-5-8-18;1-2-4-5-3-1;1-2;/h1-17H;1-5H;1-2H3;/q2*-1;;. The van der Waals surface area contributed by atoms with E-state index in [1.807, 2.05) is 92.7 Å². The summed E-state index contributed by atoms with van der Waals surface area (Å²) < 4.78 is 29.7. The van der Waals surface area contributed by atoms with Gasteiger partial charge in [-0.3, -0.25) is 0 Å². The van der Waals surface area contributed by atoms with Crippen molar-refractivity contribution in [2.24, 2.45) is 10.2 Å². The Bertz CT molecular complexity index is 1400. The fraction of sp³-hybridized carbons (Fsp3) is 0.0667. The number of nitrogens with zero attached hydrogens (tertiary/aromatic N) is 2. The van der Waals surface area contributed by atoms with Gasteiger partial charge in [0.25, 0.3) is 0 Å². The van der Waals surface area contributed by atoms with E-state index in [0.29, 0.717) is 5.69 Å². The second-order valence-electron chi connectivity index (χ2n) is 7.23. The third kappa shape index (κ3) is 9.32. The van der Waals surface area contributed by atoms with Gasteiger partial charge in [-0.15, -0.1) is 6.07 Å². The van der Waals surface area contributed by atoms with Crippen molar-refractivity contribution in [1.29, 1.82) is 0 Å². The normalized spacial score (nSPS) is 10.3. The molecule has 0 aromatic heterocycles. The van der Waals surface area contributed by atoms with E-state index in [1.165, 1.54) is 12.1 Å². The molecule has 0 unspecified atom stereocenters. The van der Waals surface area contributed by atoms with E-state index in [4.69, 9.17) is 4.18 Å². The summed E-state index contributed by atoms with van der Waals surface area (Å²) in [6, 6.07) is 40.3. The third-order valence-electron chi connectivity index (χ3n) is 4.75. The van der Waals surface area contributed by atoms with Crippen molar-refractivity contribution in [3.63, 3.8) is 0 Å². The molecule has 0 N–H and O–H groups in total. The molecule has 0 saturated carbocycles. The van der Waals surface area contributed by atoms with Crippen molar-refractivity contribution in [3.8, 4) is 16.9 Å². The van der Waals surface area contributed by atoms with E-state index in [2.05, 4.69) is 10.2 Å². The summed E-state index contributed by atoms with van der Waals surface area (Å²) in [5, 5.41) is 8.48. The molecule has 0 bridgehead atoms. The smallest absolute Gasteiger partial charge is 0.339 e. The number of rotatable bonds is 6. The summed E-state index contributed by atoms with van der Waals surface area (Å²) in [4.78, 5) is 0.105. The maximum absolute atomic E-state index is 12.3. The average Bonchev–Trinajstić information content (AvgIpc) is 3.68. The number of azo groups is 1. The molecule has 5 aromatic rings. The van der Waals surface area contributed by atoms with Crippen LogP contribution in [0.1, 0.15) is 13.8 Å². The van der Waals surface area contributed by atoms with Crippen molar-refractivity contribution < 1.29 is 29.7 Å². The fourth-order valence-corrected chi connectivity index (χ4v) is 4.03. The minimum absolute atomic E-state index is 0. The Morgan fingerprint density at radius 1 is 0.676 bits per heavy atom. The maximum Gasteiger partial charge on any atom is 0.339 e. The quantitative estimate of drug-likeness (QED) is 0.0916. The molecule has 0 aliphatic heterocycles. The van der Waals surface area contributed by atoms with Crippen molar-refractivity contribution in [1.82, 2.24) is 0 Å². The van der Waals surface area contributed by atoms with E-state index in [1.54, 1.807) is 42.5 Å². The van der Waals surface area contributed by atoms with E-state index in [9.17, 15) is 8.42 Å². The first-order valence-corrected chi connectivity index (χ1v) is 13.0. The molecular weight excluding hydrogens is 524 g/mol. The van der Waals surface area contributed by atoms with Crippen LogP contribution in [-0.2, 0) is 27.2 Å². The molecule has 0 aliphatic rings. The number of hydrogen-bond acceptors (Lipinski definition) is 5. The van der Waals surface area contributed by atoms with Gasteiger partial charge in [0.15, 0.2) is 0 Å². The molecule has 0 heterocycles. The molecule has 192 valence electrons. The molecule has 7 heteroatoms. The molecule has 0 aliphatic carbocycles. The molecule has 5 rings (SSSR count). The SMILES string of the molecule is CC.O=S(=O)(Oc1ccc(N=Nc2cccc(-c3ccc[cH-]3)c2)cc1)c1ccccc1.[Fe].c1cc[cH-]c1. The zero-order chi connectivity index (χ0) is 25.6. The summed E-state index contributed by atoms with van der Waals surface area (Å²) in [5.41, 5.74) is 3.52. The third-order valence-corrected chi connectivity index (χ3v) is 6.01. The Balaban J connectivity index is 0.000000530. The van der Waals surface area contributed by atoms with E-state index in [0.717, 1.165) is 16.8 Å². The van der Waals surface area contributed by atoms with Crippen LogP contribution in [0.4, 0.5) is 11.4 Å². The van der Waals surface area contributed by atoms with Crippen molar-refractivity contribution in [2.75, 3.05) is 0 Å². The predicted octanol–water partition coefficient (Wildman–Crippen LogP) is 8.68. The first-order chi connectivity index (χ1) is 17.6. The Kier molecular flexibility index (Phi) is 12.2. The van der Waals surface area contributed by atoms with Gasteiger partial charge in [-0.25, -0.2) is 12.1 Å². The zero-order valence-corrected chi connectivity index (χ0v) is 22.5. The molecule has 5 aromatic carbocycles. The average molecular weight is 552 g/mol. The van der Waals surface area contributed by atoms with Gasteiger partial charge in [-0.05, 0) is 42.5 Å². The first kappa shape index (κ1) is 29.5. The molecular formula is C30H28FeN2O3S-2. The first-order valence-electron chi connectivity index (χ1n) is 11.6. The van der Waals surface area contributed by atoms with Crippen molar-refractivity contribution >= 4 is 21.5 Å². The largest absolute Gasteiger partial charge is 0.379 e. The van der Waals surface area contributed by atoms with Crippen LogP contribution in [0.3, 0.4) is 0 Å². The topological polar surface area (TPSA) is 68.1 Å². The Hall–Kier alpha value is -3.77. The molecule has 0 fully saturated rings. The molecule has 0 atom stereocenters. The van der Waals surface area contributed by atoms with Gasteiger partial charge >= 0.3 is 10.1 Å². The summed E-state index contributed by atoms with van der Waals surface area (Å²) >= 11 is 0. The van der Waals surface area contributed by atoms with Crippen LogP contribution in [0.25, 0.3) is 11.1 Å². The van der Waals surface area contributed by atoms with Crippen LogP contribution in [0.15, 0.2) is 149 Å². The zero-order valence-electron chi connectivity index (χ0n) is 20.6. The van der Waals surface area contributed by atoms with Crippen LogP contribution in [0.5, 0.6) is 5.75 Å². The van der Waals surface area contributed by atoms with Gasteiger partial charge in [0.2, 0.25) is 0 Å². The van der Waals surface area contributed by atoms with E-state index >= 15 is 0 Å². The molecule has 37 heavy (non-hydrogen) atoms. The van der Waals surface area contributed by atoms with Gasteiger partial charge in [-0.2, -0.15) is 60.6 Å². The van der Waals surface area contributed by atoms with Crippen LogP contribution in [0, 0.1) is 0 Å². The van der Waals surface area contributed by atoms with Gasteiger partial charge in [-0.1, -0.05) is 55.8 Å². The Morgan fingerprint density at radius 2 is 1.35 bits per heavy atom. The van der Waals surface area contributed by atoms with Crippen LogP contribution in [-0.4, -0.2) is 8.42 Å². The monoisotopic (exact) mass is 552 g/mol. The van der Waals surface area contributed by atoms with Gasteiger partial charge in [0.1, 0.15) is 10.6 Å². The molecule has 0 saturated heterocycles. The Labute approximate surface area is 229 Å². The maximum atomic E-state index is 12.3. The number of benzene rings is 3. The molecule has 0 spiro atoms. The molecule has 5 nitrogen and oxygen atoms in total. The van der Waals surface area contributed by atoms with Gasteiger partial charge < -0.3 is 4.18 Å². The Morgan fingerprint density at radius 3 is 1.95 bits per heavy atom. The minimum Gasteiger partial charge on any atom is -0.379 e. The second-order valence-corrected chi connectivity index (χ2v) is 8.78. The van der Waals surface area contributed by atoms with E-state index in [-0.39, 0.29) is 27.7 Å². The minimum atomic E-state index is -3.86. The summed E-state index contributed by atoms with van der Waals surface area (Å²) in [7, 11) is -3.86. The summed E-state index contributed by atoms with van der Waals surface area (Å²) in [5.74, 6) is 0.214. The summed E-state index contributed by atoms with van der Waals surface area (Å²) in [6.45, 7) is 4.00. The van der Waals surface area contributed by atoms with Crippen LogP contribution >= 0.6 is 0 Å². The van der Waals surface area contributed by atoms with Gasteiger partial charge in [0, 0.05) is 17.1 Å². The predicted molar refractivity (Wildman–Crippen MR) is 146 cm³/mol. The summed E-state index contributed by atoms with van der Waals surface area (Å²) in [6.07, 6.45) is 0. The van der Waals surface area contributed by atoms with Crippen LogP contribution < -0.4 is 4.18 Å². The molecule has 0 radical (unpaired) electrons. The van der Waals surface area contributed by atoms with E-state index < -0.39 is 10.1 Å². The van der Waals surface area contributed by atoms with Gasteiger partial charge in [0.05, 0.1) is 11.4 Å². The fourth-order valence-electron chi connectivity index (χ4n) is 3.08. The molecule has 0 amide bonds.